The highest BCUT2D eigenvalue weighted by Gasteiger charge is 2.16. The largest absolute Gasteiger partial charge is 0.460 e. The lowest BCUT2D eigenvalue weighted by atomic mass is 10.1. The van der Waals surface area contributed by atoms with Crippen molar-refractivity contribution in [3.05, 3.63) is 54.4 Å². The number of rotatable bonds is 3. The van der Waals surface area contributed by atoms with E-state index >= 15 is 0 Å². The number of hydrogen-bond acceptors (Lipinski definition) is 6. The molecule has 0 aliphatic rings. The maximum atomic E-state index is 5.60. The highest BCUT2D eigenvalue weighted by molar-refractivity contribution is 7.17. The summed E-state index contributed by atoms with van der Waals surface area (Å²) in [5.41, 5.74) is 3.81. The zero-order chi connectivity index (χ0) is 17.7. The number of thiophene rings is 1. The molecule has 0 unspecified atom stereocenters. The van der Waals surface area contributed by atoms with Gasteiger partial charge >= 0.3 is 0 Å². The third-order valence-corrected chi connectivity index (χ3v) is 5.52. The van der Waals surface area contributed by atoms with Crippen LogP contribution in [0.1, 0.15) is 5.82 Å². The molecule has 0 aromatic carbocycles. The van der Waals surface area contributed by atoms with Gasteiger partial charge in [-0.25, -0.2) is 9.97 Å². The van der Waals surface area contributed by atoms with E-state index in [0.717, 1.165) is 43.8 Å². The molecule has 1 N–H and O–H groups in total. The van der Waals surface area contributed by atoms with E-state index in [1.165, 1.54) is 0 Å². The van der Waals surface area contributed by atoms with Gasteiger partial charge in [-0.3, -0.25) is 4.98 Å². The first kappa shape index (κ1) is 15.1. The van der Waals surface area contributed by atoms with E-state index in [0.29, 0.717) is 5.82 Å². The van der Waals surface area contributed by atoms with Crippen LogP contribution in [0.5, 0.6) is 0 Å². The van der Waals surface area contributed by atoms with Crippen molar-refractivity contribution in [3.63, 3.8) is 0 Å². The van der Waals surface area contributed by atoms with Gasteiger partial charge in [-0.15, -0.1) is 11.3 Å². The fourth-order valence-corrected chi connectivity index (χ4v) is 4.02. The molecule has 0 radical (unpaired) electrons. The number of aromatic nitrogens is 4. The van der Waals surface area contributed by atoms with Crippen LogP contribution in [0, 0.1) is 6.92 Å². The highest BCUT2D eigenvalue weighted by atomic mass is 32.1. The number of hydrogen-bond donors (Lipinski definition) is 1. The Morgan fingerprint density at radius 2 is 2.08 bits per heavy atom. The molecule has 0 atom stereocenters. The predicted octanol–water partition coefficient (Wildman–Crippen LogP) is 4.89. The first-order chi connectivity index (χ1) is 12.7. The molecule has 0 aliphatic heterocycles. The minimum atomic E-state index is 0.705. The zero-order valence-corrected chi connectivity index (χ0v) is 15.0. The Kier molecular flexibility index (Phi) is 3.29. The number of nitrogens with one attached hydrogen (secondary N) is 1. The van der Waals surface area contributed by atoms with E-state index in [2.05, 4.69) is 30.2 Å². The topological polar surface area (TPSA) is 68.8 Å². The molecule has 5 aromatic rings. The van der Waals surface area contributed by atoms with E-state index < -0.39 is 0 Å². The van der Waals surface area contributed by atoms with Crippen LogP contribution in [0.4, 0.5) is 11.5 Å². The second kappa shape index (κ2) is 5.67. The van der Waals surface area contributed by atoms with E-state index in [-0.39, 0.29) is 0 Å². The Balaban J connectivity index is 1.70. The summed E-state index contributed by atoms with van der Waals surface area (Å²) in [5.74, 6) is 1.67. The van der Waals surface area contributed by atoms with Gasteiger partial charge in [0.15, 0.2) is 11.4 Å². The molecular formula is C19H15N5OS. The maximum absolute atomic E-state index is 5.60. The Bertz CT molecular complexity index is 1250. The summed E-state index contributed by atoms with van der Waals surface area (Å²) in [6, 6.07) is 3.87. The lowest BCUT2D eigenvalue weighted by Gasteiger charge is -2.09. The standard InChI is InChI=1S/C19H15N5OS/c1-11-22-8-15(24(11)2)13-7-20-9-16-17(13)14(10-26-16)23-19-18-12(3-5-21-19)4-6-25-18/h3-10H,1-2H3,(H,21,23). The monoisotopic (exact) mass is 361 g/mol. The van der Waals surface area contributed by atoms with Crippen molar-refractivity contribution >= 4 is 43.9 Å². The lowest BCUT2D eigenvalue weighted by molar-refractivity contribution is 0.615. The fraction of sp³-hybridized carbons (Fsp3) is 0.105. The molecule has 6 nitrogen and oxygen atoms in total. The molecule has 5 heterocycles. The molecule has 5 aromatic heterocycles. The van der Waals surface area contributed by atoms with Crippen molar-refractivity contribution in [3.8, 4) is 11.3 Å². The van der Waals surface area contributed by atoms with Crippen molar-refractivity contribution in [1.29, 1.82) is 0 Å². The van der Waals surface area contributed by atoms with Crippen LogP contribution in [0.15, 0.2) is 53.0 Å². The molecule has 26 heavy (non-hydrogen) atoms. The Labute approximate surface area is 153 Å². The first-order valence-corrected chi connectivity index (χ1v) is 9.03. The van der Waals surface area contributed by atoms with Crippen LogP contribution in [-0.2, 0) is 7.05 Å². The van der Waals surface area contributed by atoms with Gasteiger partial charge in [-0.2, -0.15) is 0 Å². The van der Waals surface area contributed by atoms with Gasteiger partial charge in [-0.1, -0.05) is 0 Å². The zero-order valence-electron chi connectivity index (χ0n) is 14.2. The molecule has 0 spiro atoms. The summed E-state index contributed by atoms with van der Waals surface area (Å²) in [6.07, 6.45) is 9.12. The molecule has 0 saturated heterocycles. The number of nitrogens with zero attached hydrogens (tertiary/aromatic N) is 4. The van der Waals surface area contributed by atoms with Crippen molar-refractivity contribution in [2.45, 2.75) is 6.92 Å². The smallest absolute Gasteiger partial charge is 0.176 e. The molecule has 7 heteroatoms. The SMILES string of the molecule is Cc1ncc(-c2cncc3scc(Nc4nccc5ccoc45)c23)n1C. The van der Waals surface area contributed by atoms with Crippen LogP contribution in [-0.4, -0.2) is 19.5 Å². The molecular weight excluding hydrogens is 346 g/mol. The predicted molar refractivity (Wildman–Crippen MR) is 104 cm³/mol. The molecule has 5 rings (SSSR count). The Hall–Kier alpha value is -3.19. The summed E-state index contributed by atoms with van der Waals surface area (Å²) in [7, 11) is 2.01. The minimum absolute atomic E-state index is 0.705. The van der Waals surface area contributed by atoms with Crippen molar-refractivity contribution in [2.75, 3.05) is 5.32 Å². The average molecular weight is 361 g/mol. The van der Waals surface area contributed by atoms with Gasteiger partial charge in [0.25, 0.3) is 0 Å². The molecule has 0 aliphatic carbocycles. The maximum Gasteiger partial charge on any atom is 0.176 e. The molecule has 0 amide bonds. The molecule has 128 valence electrons. The lowest BCUT2D eigenvalue weighted by Crippen LogP contribution is -1.97. The van der Waals surface area contributed by atoms with Gasteiger partial charge in [-0.05, 0) is 19.1 Å². The van der Waals surface area contributed by atoms with Crippen LogP contribution in [0.25, 0.3) is 32.3 Å². The van der Waals surface area contributed by atoms with Crippen molar-refractivity contribution < 1.29 is 4.42 Å². The Morgan fingerprint density at radius 1 is 1.15 bits per heavy atom. The van der Waals surface area contributed by atoms with Gasteiger partial charge in [0.2, 0.25) is 0 Å². The van der Waals surface area contributed by atoms with E-state index in [9.17, 15) is 0 Å². The summed E-state index contributed by atoms with van der Waals surface area (Å²) >= 11 is 1.65. The second-order valence-corrected chi connectivity index (χ2v) is 6.99. The third-order valence-electron chi connectivity index (χ3n) is 4.60. The first-order valence-electron chi connectivity index (χ1n) is 8.15. The van der Waals surface area contributed by atoms with Crippen molar-refractivity contribution in [1.82, 2.24) is 19.5 Å². The number of anilines is 2. The van der Waals surface area contributed by atoms with E-state index in [1.54, 1.807) is 23.8 Å². The number of pyridine rings is 2. The third kappa shape index (κ3) is 2.21. The van der Waals surface area contributed by atoms with Crippen LogP contribution in [0.2, 0.25) is 0 Å². The molecule has 0 bridgehead atoms. The quantitative estimate of drug-likeness (QED) is 0.495. The number of imidazole rings is 1. The van der Waals surface area contributed by atoms with Crippen molar-refractivity contribution in [2.24, 2.45) is 7.05 Å². The summed E-state index contributed by atoms with van der Waals surface area (Å²) in [6.45, 7) is 1.99. The molecule has 0 fully saturated rings. The number of furan rings is 1. The normalized spacial score (nSPS) is 11.5. The summed E-state index contributed by atoms with van der Waals surface area (Å²) in [4.78, 5) is 13.3. The van der Waals surface area contributed by atoms with Gasteiger partial charge in [0, 0.05) is 47.4 Å². The summed E-state index contributed by atoms with van der Waals surface area (Å²) < 4.78 is 8.78. The highest BCUT2D eigenvalue weighted by Crippen LogP contribution is 2.39. The van der Waals surface area contributed by atoms with Gasteiger partial charge < -0.3 is 14.3 Å². The van der Waals surface area contributed by atoms with Gasteiger partial charge in [0.05, 0.1) is 28.5 Å². The summed E-state index contributed by atoms with van der Waals surface area (Å²) in [5, 5.41) is 7.66. The fourth-order valence-electron chi connectivity index (χ4n) is 3.14. The van der Waals surface area contributed by atoms with E-state index in [1.807, 2.05) is 44.7 Å². The van der Waals surface area contributed by atoms with Crippen LogP contribution >= 0.6 is 11.3 Å². The second-order valence-electron chi connectivity index (χ2n) is 6.08. The van der Waals surface area contributed by atoms with Crippen LogP contribution in [0.3, 0.4) is 0 Å². The molecule has 0 saturated carbocycles. The number of fused-ring (bicyclic) bond motifs is 2. The average Bonchev–Trinajstić information content (AvgIpc) is 3.36. The van der Waals surface area contributed by atoms with Crippen LogP contribution < -0.4 is 5.32 Å². The van der Waals surface area contributed by atoms with E-state index in [4.69, 9.17) is 4.42 Å². The van der Waals surface area contributed by atoms with Gasteiger partial charge in [0.1, 0.15) is 5.82 Å². The number of aryl methyl sites for hydroxylation is 1. The Morgan fingerprint density at radius 3 is 2.92 bits per heavy atom. The minimum Gasteiger partial charge on any atom is -0.460 e.